The second-order valence-corrected chi connectivity index (χ2v) is 4.85. The van der Waals surface area contributed by atoms with Gasteiger partial charge in [-0.25, -0.2) is 0 Å². The SMILES string of the molecule is CBr.CC.Cc1ccc(C[N+](C)(C)CSO)cc1. The molecule has 0 saturated carbocycles. The Morgan fingerprint density at radius 2 is 1.56 bits per heavy atom. The molecule has 1 aromatic rings. The quantitative estimate of drug-likeness (QED) is 0.369. The Labute approximate surface area is 125 Å². The molecule has 0 aliphatic heterocycles. The molecule has 18 heavy (non-hydrogen) atoms. The second-order valence-electron chi connectivity index (χ2n) is 4.34. The molecule has 0 aliphatic rings. The molecule has 0 saturated heterocycles. The molecule has 1 N–H and O–H groups in total. The number of nitrogens with zero attached hydrogens (tertiary/aromatic N) is 1. The predicted molar refractivity (Wildman–Crippen MR) is 88.3 cm³/mol. The Bertz CT molecular complexity index is 288. The summed E-state index contributed by atoms with van der Waals surface area (Å²) in [5.41, 5.74) is 2.60. The van der Waals surface area contributed by atoms with Gasteiger partial charge in [-0.15, -0.1) is 0 Å². The molecule has 0 unspecified atom stereocenters. The van der Waals surface area contributed by atoms with Crippen LogP contribution in [0.3, 0.4) is 0 Å². The molecule has 0 bridgehead atoms. The van der Waals surface area contributed by atoms with Gasteiger partial charge in [0.15, 0.2) is 5.88 Å². The van der Waals surface area contributed by atoms with Crippen molar-refractivity contribution in [1.29, 1.82) is 0 Å². The molecule has 0 atom stereocenters. The average molecular weight is 337 g/mol. The molecule has 4 heteroatoms. The zero-order valence-electron chi connectivity index (χ0n) is 12.4. The molecule has 0 heterocycles. The summed E-state index contributed by atoms with van der Waals surface area (Å²) < 4.78 is 9.62. The minimum atomic E-state index is 0.716. The number of hydrogen-bond donors (Lipinski definition) is 1. The molecule has 0 aliphatic carbocycles. The first-order valence-electron chi connectivity index (χ1n) is 6.05. The first-order valence-corrected chi connectivity index (χ1v) is 8.58. The van der Waals surface area contributed by atoms with Gasteiger partial charge in [-0.2, -0.15) is 0 Å². The maximum absolute atomic E-state index is 8.83. The van der Waals surface area contributed by atoms with Gasteiger partial charge in [0.25, 0.3) is 0 Å². The van der Waals surface area contributed by atoms with Gasteiger partial charge in [-0.3, -0.25) is 0 Å². The molecule has 2 nitrogen and oxygen atoms in total. The van der Waals surface area contributed by atoms with Crippen LogP contribution in [-0.4, -0.2) is 34.8 Å². The van der Waals surface area contributed by atoms with E-state index in [1.165, 1.54) is 11.1 Å². The fraction of sp³-hybridized carbons (Fsp3) is 0.571. The van der Waals surface area contributed by atoms with Crippen molar-refractivity contribution < 1.29 is 9.04 Å². The van der Waals surface area contributed by atoms with E-state index in [-0.39, 0.29) is 0 Å². The first-order chi connectivity index (χ1) is 8.53. The van der Waals surface area contributed by atoms with Crippen LogP contribution in [0.15, 0.2) is 24.3 Å². The van der Waals surface area contributed by atoms with Crippen molar-refractivity contribution in [1.82, 2.24) is 0 Å². The Morgan fingerprint density at radius 1 is 1.11 bits per heavy atom. The van der Waals surface area contributed by atoms with E-state index in [2.05, 4.69) is 61.2 Å². The third kappa shape index (κ3) is 9.95. The largest absolute Gasteiger partial charge is 0.326 e. The highest BCUT2D eigenvalue weighted by molar-refractivity contribution is 9.08. The molecule has 0 spiro atoms. The molecule has 1 aromatic carbocycles. The summed E-state index contributed by atoms with van der Waals surface area (Å²) >= 11 is 3.84. The second kappa shape index (κ2) is 12.0. The highest BCUT2D eigenvalue weighted by atomic mass is 79.9. The van der Waals surface area contributed by atoms with Crippen LogP contribution < -0.4 is 0 Å². The number of halogens is 1. The standard InChI is InChI=1S/C11H17NOS.C2H6.CH3Br/c1-10-4-6-11(7-5-10)8-12(2,3)9-14-13;2*1-2/h4-7H,8-9H2,1-3H3;1-2H3;1H3/p+1. The minimum absolute atomic E-state index is 0.716. The van der Waals surface area contributed by atoms with E-state index in [4.69, 9.17) is 4.55 Å². The van der Waals surface area contributed by atoms with Crippen molar-refractivity contribution in [3.05, 3.63) is 35.4 Å². The van der Waals surface area contributed by atoms with E-state index in [0.717, 1.165) is 23.1 Å². The number of aryl methyl sites for hydroxylation is 1. The van der Waals surface area contributed by atoms with E-state index in [1.807, 2.05) is 19.7 Å². The summed E-state index contributed by atoms with van der Waals surface area (Å²) in [6.45, 7) is 7.04. The maximum atomic E-state index is 8.83. The summed E-state index contributed by atoms with van der Waals surface area (Å²) in [6.07, 6.45) is 0. The van der Waals surface area contributed by atoms with Crippen molar-refractivity contribution in [2.75, 3.05) is 25.8 Å². The Morgan fingerprint density at radius 3 is 1.94 bits per heavy atom. The van der Waals surface area contributed by atoms with Crippen LogP contribution >= 0.6 is 28.0 Å². The molecule has 0 amide bonds. The van der Waals surface area contributed by atoms with Crippen LogP contribution in [0.5, 0.6) is 0 Å². The molecule has 106 valence electrons. The van der Waals surface area contributed by atoms with Crippen LogP contribution in [0.1, 0.15) is 25.0 Å². The van der Waals surface area contributed by atoms with E-state index in [0.29, 0.717) is 5.88 Å². The van der Waals surface area contributed by atoms with Crippen molar-refractivity contribution in [3.63, 3.8) is 0 Å². The van der Waals surface area contributed by atoms with Gasteiger partial charge in [0.1, 0.15) is 6.54 Å². The molecule has 1 rings (SSSR count). The van der Waals surface area contributed by atoms with Gasteiger partial charge in [0.05, 0.1) is 14.1 Å². The number of benzene rings is 1. The van der Waals surface area contributed by atoms with Gasteiger partial charge in [-0.1, -0.05) is 59.6 Å². The van der Waals surface area contributed by atoms with Crippen LogP contribution in [0.4, 0.5) is 0 Å². The smallest absolute Gasteiger partial charge is 0.151 e. The van der Waals surface area contributed by atoms with Crippen LogP contribution in [-0.2, 0) is 6.54 Å². The zero-order valence-corrected chi connectivity index (χ0v) is 14.8. The number of rotatable bonds is 4. The summed E-state index contributed by atoms with van der Waals surface area (Å²) in [6, 6.07) is 8.55. The molecular weight excluding hydrogens is 310 g/mol. The third-order valence-electron chi connectivity index (χ3n) is 2.14. The average Bonchev–Trinajstić information content (AvgIpc) is 2.37. The van der Waals surface area contributed by atoms with E-state index >= 15 is 0 Å². The topological polar surface area (TPSA) is 20.2 Å². The molecule has 0 fully saturated rings. The van der Waals surface area contributed by atoms with Crippen molar-refractivity contribution >= 4 is 28.0 Å². The van der Waals surface area contributed by atoms with Gasteiger partial charge in [0.2, 0.25) is 0 Å². The number of hydrogen-bond acceptors (Lipinski definition) is 2. The van der Waals surface area contributed by atoms with Crippen molar-refractivity contribution in [3.8, 4) is 0 Å². The summed E-state index contributed by atoms with van der Waals surface area (Å²) in [5, 5.41) is 0. The lowest BCUT2D eigenvalue weighted by atomic mass is 10.1. The monoisotopic (exact) mass is 336 g/mol. The molecular formula is C14H27BrNOS+. The highest BCUT2D eigenvalue weighted by Crippen LogP contribution is 2.13. The summed E-state index contributed by atoms with van der Waals surface area (Å²) in [4.78, 5) is 0. The Balaban J connectivity index is 0. The van der Waals surface area contributed by atoms with Gasteiger partial charge < -0.3 is 9.04 Å². The van der Waals surface area contributed by atoms with Crippen molar-refractivity contribution in [2.45, 2.75) is 27.3 Å². The van der Waals surface area contributed by atoms with Gasteiger partial charge >= 0.3 is 0 Å². The van der Waals surface area contributed by atoms with Gasteiger partial charge in [-0.05, 0) is 12.8 Å². The van der Waals surface area contributed by atoms with Crippen molar-refractivity contribution in [2.24, 2.45) is 0 Å². The first kappa shape index (κ1) is 20.3. The van der Waals surface area contributed by atoms with Gasteiger partial charge in [0, 0.05) is 17.6 Å². The normalized spacial score (nSPS) is 9.78. The third-order valence-corrected chi connectivity index (χ3v) is 2.95. The Hall–Kier alpha value is -0.0300. The predicted octanol–water partition coefficient (Wildman–Crippen LogP) is 4.77. The minimum Gasteiger partial charge on any atom is -0.326 e. The van der Waals surface area contributed by atoms with Crippen LogP contribution in [0.25, 0.3) is 0 Å². The number of quaternary nitrogens is 1. The summed E-state index contributed by atoms with van der Waals surface area (Å²) in [7, 11) is 4.23. The fourth-order valence-corrected chi connectivity index (χ4v) is 1.79. The lowest BCUT2D eigenvalue weighted by molar-refractivity contribution is -0.891. The Kier molecular flexibility index (Phi) is 13.6. The number of alkyl halides is 1. The van der Waals surface area contributed by atoms with Crippen LogP contribution in [0.2, 0.25) is 0 Å². The fourth-order valence-electron chi connectivity index (χ4n) is 1.39. The molecule has 0 radical (unpaired) electrons. The van der Waals surface area contributed by atoms with E-state index < -0.39 is 0 Å². The summed E-state index contributed by atoms with van der Waals surface area (Å²) in [5.74, 6) is 2.53. The lowest BCUT2D eigenvalue weighted by Crippen LogP contribution is -2.38. The highest BCUT2D eigenvalue weighted by Gasteiger charge is 2.15. The van der Waals surface area contributed by atoms with E-state index in [9.17, 15) is 0 Å². The zero-order chi connectivity index (χ0) is 14.6. The molecule has 0 aromatic heterocycles. The lowest BCUT2D eigenvalue weighted by Gasteiger charge is -2.28. The maximum Gasteiger partial charge on any atom is 0.151 e. The van der Waals surface area contributed by atoms with Crippen LogP contribution in [0, 0.1) is 6.92 Å². The van der Waals surface area contributed by atoms with E-state index in [1.54, 1.807) is 0 Å².